The van der Waals surface area contributed by atoms with Gasteiger partial charge < -0.3 is 13.9 Å². The minimum absolute atomic E-state index is 0.0276. The van der Waals surface area contributed by atoms with Gasteiger partial charge in [0.1, 0.15) is 28.9 Å². The zero-order valence-corrected chi connectivity index (χ0v) is 19.3. The van der Waals surface area contributed by atoms with Gasteiger partial charge in [0, 0.05) is 18.2 Å². The lowest BCUT2D eigenvalue weighted by Gasteiger charge is -2.10. The lowest BCUT2D eigenvalue weighted by molar-refractivity contribution is -0.395. The third kappa shape index (κ3) is 4.62. The van der Waals surface area contributed by atoms with Crippen LogP contribution in [0, 0.1) is 41.0 Å². The van der Waals surface area contributed by atoms with Gasteiger partial charge >= 0.3 is 5.97 Å². The molecule has 0 aliphatic heterocycles. The average molecular weight is 490 g/mol. The highest BCUT2D eigenvalue weighted by Crippen LogP contribution is 2.31. The number of nitrogens with zero attached hydrogens (tertiary/aromatic N) is 2. The Morgan fingerprint density at radius 3 is 2.19 bits per heavy atom. The molecule has 0 unspecified atom stereocenters. The van der Waals surface area contributed by atoms with Crippen LogP contribution in [0.2, 0.25) is 0 Å². The lowest BCUT2D eigenvalue weighted by atomic mass is 10.1. The largest absolute Gasteiger partial charge is 0.460 e. The number of carbonyl (C=O) groups is 1. The van der Waals surface area contributed by atoms with Crippen molar-refractivity contribution in [1.29, 1.82) is 0 Å². The Labute approximate surface area is 202 Å². The highest BCUT2D eigenvalue weighted by Gasteiger charge is 2.26. The van der Waals surface area contributed by atoms with Crippen molar-refractivity contribution in [3.05, 3.63) is 107 Å². The number of hydrogen-bond donors (Lipinski definition) is 0. The van der Waals surface area contributed by atoms with E-state index in [1.807, 2.05) is 26.0 Å². The molecule has 4 aromatic rings. The molecule has 36 heavy (non-hydrogen) atoms. The van der Waals surface area contributed by atoms with E-state index in [4.69, 9.17) is 13.9 Å². The predicted molar refractivity (Wildman–Crippen MR) is 128 cm³/mol. The van der Waals surface area contributed by atoms with Crippen molar-refractivity contribution < 1.29 is 28.5 Å². The molecule has 4 rings (SSSR count). The summed E-state index contributed by atoms with van der Waals surface area (Å²) in [7, 11) is 0. The highest BCUT2D eigenvalue weighted by atomic mass is 16.6. The van der Waals surface area contributed by atoms with Crippen molar-refractivity contribution >= 4 is 28.3 Å². The first-order valence-corrected chi connectivity index (χ1v) is 10.5. The number of fused-ring (bicyclic) bond motifs is 1. The second-order valence-electron chi connectivity index (χ2n) is 8.00. The molecule has 0 aliphatic carbocycles. The predicted octanol–water partition coefficient (Wildman–Crippen LogP) is 5.55. The molecule has 0 radical (unpaired) electrons. The van der Waals surface area contributed by atoms with E-state index in [-0.39, 0.29) is 33.6 Å². The molecular weight excluding hydrogens is 472 g/mol. The van der Waals surface area contributed by atoms with Crippen molar-refractivity contribution in [1.82, 2.24) is 0 Å². The van der Waals surface area contributed by atoms with Crippen molar-refractivity contribution in [2.75, 3.05) is 0 Å². The summed E-state index contributed by atoms with van der Waals surface area (Å²) in [5.74, 6) is -0.615. The smallest absolute Gasteiger partial charge is 0.344 e. The fourth-order valence-corrected chi connectivity index (χ4v) is 3.51. The van der Waals surface area contributed by atoms with E-state index in [9.17, 15) is 29.8 Å². The molecule has 0 N–H and O–H groups in total. The fraction of sp³-hybridized carbons (Fsp3) is 0.120. The summed E-state index contributed by atoms with van der Waals surface area (Å²) in [6.07, 6.45) is 1.14. The maximum atomic E-state index is 12.9. The monoisotopic (exact) mass is 490 g/mol. The van der Waals surface area contributed by atoms with Crippen LogP contribution in [0.25, 0.3) is 11.0 Å². The van der Waals surface area contributed by atoms with E-state index in [1.54, 1.807) is 6.07 Å². The minimum Gasteiger partial charge on any atom is -0.460 e. The minimum atomic E-state index is -1.06. The molecule has 0 fully saturated rings. The lowest BCUT2D eigenvalue weighted by Crippen LogP contribution is -2.11. The quantitative estimate of drug-likeness (QED) is 0.147. The zero-order chi connectivity index (χ0) is 26.1. The number of esters is 1. The third-order valence-electron chi connectivity index (χ3n) is 5.47. The zero-order valence-electron chi connectivity index (χ0n) is 19.3. The molecule has 11 nitrogen and oxygen atoms in total. The molecule has 0 spiro atoms. The van der Waals surface area contributed by atoms with Crippen LogP contribution in [-0.4, -0.2) is 15.8 Å². The molecule has 0 bridgehead atoms. The molecule has 0 atom stereocenters. The molecule has 0 amide bonds. The van der Waals surface area contributed by atoms with Gasteiger partial charge in [-0.25, -0.2) is 4.79 Å². The van der Waals surface area contributed by atoms with E-state index in [1.165, 1.54) is 25.1 Å². The van der Waals surface area contributed by atoms with Crippen LogP contribution in [0.3, 0.4) is 0 Å². The van der Waals surface area contributed by atoms with Gasteiger partial charge in [0.25, 0.3) is 11.4 Å². The topological polar surface area (TPSA) is 152 Å². The van der Waals surface area contributed by atoms with E-state index >= 15 is 0 Å². The molecule has 11 heteroatoms. The molecule has 1 aromatic heterocycles. The number of nitro benzene ring substituents is 2. The molecule has 0 saturated heterocycles. The van der Waals surface area contributed by atoms with Crippen molar-refractivity contribution in [3.8, 4) is 17.2 Å². The van der Waals surface area contributed by atoms with Gasteiger partial charge in [-0.2, -0.15) is 0 Å². The van der Waals surface area contributed by atoms with Crippen LogP contribution in [0.1, 0.15) is 27.0 Å². The first-order valence-electron chi connectivity index (χ1n) is 10.5. The van der Waals surface area contributed by atoms with E-state index in [0.29, 0.717) is 5.75 Å². The third-order valence-corrected chi connectivity index (χ3v) is 5.47. The Bertz CT molecular complexity index is 1590. The Balaban J connectivity index is 1.64. The number of ether oxygens (including phenoxy) is 2. The molecule has 0 saturated carbocycles. The van der Waals surface area contributed by atoms with Gasteiger partial charge in [0.05, 0.1) is 20.8 Å². The van der Waals surface area contributed by atoms with E-state index < -0.39 is 32.6 Å². The van der Waals surface area contributed by atoms with Crippen LogP contribution in [0.4, 0.5) is 11.4 Å². The van der Waals surface area contributed by atoms with Crippen molar-refractivity contribution in [2.45, 2.75) is 20.8 Å². The maximum absolute atomic E-state index is 12.9. The van der Waals surface area contributed by atoms with Crippen molar-refractivity contribution in [2.24, 2.45) is 0 Å². The number of carbonyl (C=O) groups excluding carboxylic acids is 1. The standard InChI is InChI=1S/C25H18N2O9/c1-13-4-5-14(2)21(8-13)36-23-12-34-22-11-17(6-7-18(22)24(23)28)35-25(29)16-9-19(26(30)31)15(3)20(10-16)27(32)33/h4-12H,1-3H3. The van der Waals surface area contributed by atoms with Crippen LogP contribution < -0.4 is 14.9 Å². The Morgan fingerprint density at radius 2 is 1.56 bits per heavy atom. The number of aryl methyl sites for hydroxylation is 2. The van der Waals surface area contributed by atoms with Crippen LogP contribution in [0.5, 0.6) is 17.2 Å². The maximum Gasteiger partial charge on any atom is 0.344 e. The SMILES string of the molecule is Cc1ccc(C)c(Oc2coc3cc(OC(=O)c4cc([N+](=O)[O-])c(C)c([N+](=O)[O-])c4)ccc3c2=O)c1. The molecule has 1 heterocycles. The fourth-order valence-electron chi connectivity index (χ4n) is 3.51. The summed E-state index contributed by atoms with van der Waals surface area (Å²) in [5.41, 5.74) is -0.297. The number of hydrogen-bond acceptors (Lipinski definition) is 9. The Morgan fingerprint density at radius 1 is 0.889 bits per heavy atom. The van der Waals surface area contributed by atoms with E-state index in [0.717, 1.165) is 29.5 Å². The second-order valence-corrected chi connectivity index (χ2v) is 8.00. The average Bonchev–Trinajstić information content (AvgIpc) is 2.82. The second kappa shape index (κ2) is 9.29. The van der Waals surface area contributed by atoms with Gasteiger partial charge in [-0.1, -0.05) is 12.1 Å². The van der Waals surface area contributed by atoms with Gasteiger partial charge in [0.15, 0.2) is 0 Å². The van der Waals surface area contributed by atoms with Gasteiger partial charge in [-0.05, 0) is 50.1 Å². The van der Waals surface area contributed by atoms with Gasteiger partial charge in [-0.15, -0.1) is 0 Å². The molecule has 0 aliphatic rings. The summed E-state index contributed by atoms with van der Waals surface area (Å²) < 4.78 is 16.5. The van der Waals surface area contributed by atoms with Crippen LogP contribution in [0.15, 0.2) is 64.0 Å². The normalized spacial score (nSPS) is 10.8. The molecule has 182 valence electrons. The van der Waals surface area contributed by atoms with Crippen molar-refractivity contribution in [3.63, 3.8) is 0 Å². The highest BCUT2D eigenvalue weighted by molar-refractivity contribution is 5.93. The summed E-state index contributed by atoms with van der Waals surface area (Å²) in [5, 5.41) is 22.7. The van der Waals surface area contributed by atoms with Crippen LogP contribution in [-0.2, 0) is 0 Å². The van der Waals surface area contributed by atoms with E-state index in [2.05, 4.69) is 0 Å². The number of nitro groups is 2. The summed E-state index contributed by atoms with van der Waals surface area (Å²) in [4.78, 5) is 46.4. The molecular formula is C25H18N2O9. The first kappa shape index (κ1) is 24.1. The summed E-state index contributed by atoms with van der Waals surface area (Å²) in [6.45, 7) is 4.95. The number of benzene rings is 3. The molecule has 3 aromatic carbocycles. The summed E-state index contributed by atoms with van der Waals surface area (Å²) in [6, 6.07) is 11.4. The Hall–Kier alpha value is -5.06. The van der Waals surface area contributed by atoms with Gasteiger partial charge in [0.2, 0.25) is 11.2 Å². The summed E-state index contributed by atoms with van der Waals surface area (Å²) >= 11 is 0. The Kier molecular flexibility index (Phi) is 6.22. The first-order chi connectivity index (χ1) is 17.0. The van der Waals surface area contributed by atoms with Crippen LogP contribution >= 0.6 is 0 Å². The number of rotatable bonds is 6. The van der Waals surface area contributed by atoms with Gasteiger partial charge in [-0.3, -0.25) is 25.0 Å².